The number of carbonyl (C=O) groups is 1. The van der Waals surface area contributed by atoms with Crippen LogP contribution in [-0.2, 0) is 25.3 Å². The van der Waals surface area contributed by atoms with Crippen molar-refractivity contribution in [2.24, 2.45) is 0 Å². The number of esters is 1. The second-order valence-electron chi connectivity index (χ2n) is 8.65. The monoisotopic (exact) mass is 452 g/mol. The molecule has 1 fully saturated rings. The normalized spacial score (nSPS) is 19.4. The molecule has 1 aromatic rings. The second kappa shape index (κ2) is 10.0. The van der Waals surface area contributed by atoms with Crippen LogP contribution in [0.4, 0.5) is 8.78 Å². The Balaban J connectivity index is 2.25. The van der Waals surface area contributed by atoms with Gasteiger partial charge in [0.15, 0.2) is 0 Å². The summed E-state index contributed by atoms with van der Waals surface area (Å²) < 4.78 is 51.1. The highest BCUT2D eigenvalue weighted by Crippen LogP contribution is 2.39. The number of aliphatic hydroxyl groups excluding tert-OH is 1. The fourth-order valence-electron chi connectivity index (χ4n) is 2.98. The molecular formula is C23H31BF2O6. The molecule has 1 unspecified atom stereocenters. The van der Waals surface area contributed by atoms with Crippen LogP contribution in [0.5, 0.6) is 5.75 Å². The smallest absolute Gasteiger partial charge is 0.498 e. The molecule has 0 aliphatic carbocycles. The van der Waals surface area contributed by atoms with Crippen molar-refractivity contribution in [1.29, 1.82) is 0 Å². The van der Waals surface area contributed by atoms with Crippen molar-refractivity contribution in [1.82, 2.24) is 0 Å². The zero-order valence-corrected chi connectivity index (χ0v) is 19.6. The van der Waals surface area contributed by atoms with Gasteiger partial charge in [0.1, 0.15) is 23.5 Å². The molecule has 1 aliphatic rings. The fraction of sp³-hybridized carbons (Fsp3) is 0.522. The van der Waals surface area contributed by atoms with Crippen molar-refractivity contribution in [2.75, 3.05) is 6.61 Å². The minimum absolute atomic E-state index is 0.0241. The van der Waals surface area contributed by atoms with E-state index in [0.717, 1.165) is 12.1 Å². The van der Waals surface area contributed by atoms with Crippen molar-refractivity contribution < 1.29 is 37.5 Å². The maximum atomic E-state index is 15.0. The summed E-state index contributed by atoms with van der Waals surface area (Å²) in [6.07, 6.45) is -0.197. The van der Waals surface area contributed by atoms with Gasteiger partial charge in [-0.2, -0.15) is 0 Å². The molecule has 0 aromatic heterocycles. The van der Waals surface area contributed by atoms with Crippen LogP contribution in [0.2, 0.25) is 0 Å². The fourth-order valence-corrected chi connectivity index (χ4v) is 2.98. The van der Waals surface area contributed by atoms with E-state index in [9.17, 15) is 14.3 Å². The standard InChI is InChI=1S/C23H31BF2O6/c1-8-29-21(28)11-16-9-10-17(25)12-20(16)30-15(3)19(26)13-18(14(2)27)24-31-22(4,5)23(6,7)32-24/h9-10,12-13,15,27H,8,11H2,1-7H3/b18-14-,19-13-. The lowest BCUT2D eigenvalue weighted by atomic mass is 9.76. The summed E-state index contributed by atoms with van der Waals surface area (Å²) in [4.78, 5) is 11.8. The first kappa shape index (κ1) is 25.9. The lowest BCUT2D eigenvalue weighted by Crippen LogP contribution is -2.41. The van der Waals surface area contributed by atoms with E-state index in [0.29, 0.717) is 5.56 Å². The molecule has 9 heteroatoms. The summed E-state index contributed by atoms with van der Waals surface area (Å²) >= 11 is 0. The number of hydrogen-bond acceptors (Lipinski definition) is 6. The number of allylic oxidation sites excluding steroid dienone is 3. The molecule has 1 aliphatic heterocycles. The van der Waals surface area contributed by atoms with Gasteiger partial charge in [-0.1, -0.05) is 6.07 Å². The molecule has 0 saturated carbocycles. The van der Waals surface area contributed by atoms with Gasteiger partial charge in [-0.05, 0) is 60.6 Å². The number of aliphatic hydroxyl groups is 1. The second-order valence-corrected chi connectivity index (χ2v) is 8.65. The Kier molecular flexibility index (Phi) is 8.12. The Morgan fingerprint density at radius 2 is 1.84 bits per heavy atom. The molecular weight excluding hydrogens is 421 g/mol. The molecule has 32 heavy (non-hydrogen) atoms. The van der Waals surface area contributed by atoms with Crippen LogP contribution < -0.4 is 4.74 Å². The number of halogens is 2. The van der Waals surface area contributed by atoms with Crippen LogP contribution in [-0.4, -0.2) is 42.1 Å². The average molecular weight is 452 g/mol. The van der Waals surface area contributed by atoms with E-state index < -0.39 is 42.0 Å². The minimum atomic E-state index is -1.14. The quantitative estimate of drug-likeness (QED) is 0.259. The molecule has 6 nitrogen and oxygen atoms in total. The van der Waals surface area contributed by atoms with E-state index in [1.165, 1.54) is 26.0 Å². The van der Waals surface area contributed by atoms with Gasteiger partial charge in [-0.15, -0.1) is 0 Å². The maximum Gasteiger partial charge on any atom is 0.498 e. The third kappa shape index (κ3) is 6.10. The average Bonchev–Trinajstić information content (AvgIpc) is 2.88. The molecule has 1 aromatic carbocycles. The third-order valence-electron chi connectivity index (χ3n) is 5.58. The van der Waals surface area contributed by atoms with Gasteiger partial charge in [0.05, 0.1) is 30.0 Å². The molecule has 0 radical (unpaired) electrons. The molecule has 176 valence electrons. The Morgan fingerprint density at radius 1 is 1.25 bits per heavy atom. The van der Waals surface area contributed by atoms with Crippen LogP contribution in [0.15, 0.2) is 41.3 Å². The summed E-state index contributed by atoms with van der Waals surface area (Å²) in [5, 5.41) is 10.1. The lowest BCUT2D eigenvalue weighted by molar-refractivity contribution is -0.142. The highest BCUT2D eigenvalue weighted by atomic mass is 19.1. The lowest BCUT2D eigenvalue weighted by Gasteiger charge is -2.32. The van der Waals surface area contributed by atoms with Crippen molar-refractivity contribution in [3.8, 4) is 5.75 Å². The zero-order valence-electron chi connectivity index (χ0n) is 19.6. The largest absolute Gasteiger partial charge is 0.513 e. The third-order valence-corrected chi connectivity index (χ3v) is 5.58. The summed E-state index contributed by atoms with van der Waals surface area (Å²) in [6, 6.07) is 3.66. The summed E-state index contributed by atoms with van der Waals surface area (Å²) in [7, 11) is -0.975. The highest BCUT2D eigenvalue weighted by molar-refractivity contribution is 6.55. The van der Waals surface area contributed by atoms with Gasteiger partial charge in [0.2, 0.25) is 0 Å². The van der Waals surface area contributed by atoms with Gasteiger partial charge in [-0.25, -0.2) is 8.78 Å². The first-order chi connectivity index (χ1) is 14.8. The van der Waals surface area contributed by atoms with E-state index in [1.807, 2.05) is 27.7 Å². The topological polar surface area (TPSA) is 74.2 Å². The van der Waals surface area contributed by atoms with E-state index in [-0.39, 0.29) is 30.0 Å². The number of rotatable bonds is 8. The van der Waals surface area contributed by atoms with Crippen molar-refractivity contribution in [3.63, 3.8) is 0 Å². The summed E-state index contributed by atoms with van der Waals surface area (Å²) in [6.45, 7) is 12.1. The number of carbonyl (C=O) groups excluding carboxylic acids is 1. The maximum absolute atomic E-state index is 15.0. The van der Waals surface area contributed by atoms with Crippen LogP contribution in [0.1, 0.15) is 54.0 Å². The van der Waals surface area contributed by atoms with Crippen molar-refractivity contribution >= 4 is 13.1 Å². The van der Waals surface area contributed by atoms with Crippen LogP contribution in [0.25, 0.3) is 0 Å². The van der Waals surface area contributed by atoms with Crippen LogP contribution in [0.3, 0.4) is 0 Å². The number of hydrogen-bond donors (Lipinski definition) is 1. The Bertz CT molecular complexity index is 890. The molecule has 1 saturated heterocycles. The molecule has 1 N–H and O–H groups in total. The van der Waals surface area contributed by atoms with Gasteiger partial charge in [-0.3, -0.25) is 4.79 Å². The van der Waals surface area contributed by atoms with Crippen molar-refractivity contribution in [3.05, 3.63) is 52.7 Å². The first-order valence-electron chi connectivity index (χ1n) is 10.5. The van der Waals surface area contributed by atoms with Crippen LogP contribution in [0, 0.1) is 5.82 Å². The Morgan fingerprint density at radius 3 is 2.38 bits per heavy atom. The Labute approximate surface area is 188 Å². The number of ether oxygens (including phenoxy) is 2. The van der Waals surface area contributed by atoms with Gasteiger partial charge >= 0.3 is 13.1 Å². The van der Waals surface area contributed by atoms with Crippen LogP contribution >= 0.6 is 0 Å². The molecule has 0 amide bonds. The first-order valence-corrected chi connectivity index (χ1v) is 10.5. The molecule has 0 bridgehead atoms. The van der Waals surface area contributed by atoms with Gasteiger partial charge in [0, 0.05) is 17.1 Å². The van der Waals surface area contributed by atoms with E-state index >= 15 is 4.39 Å². The summed E-state index contributed by atoms with van der Waals surface area (Å²) in [5.74, 6) is -1.98. The predicted octanol–water partition coefficient (Wildman–Crippen LogP) is 5.02. The highest BCUT2D eigenvalue weighted by Gasteiger charge is 2.52. The Hall–Kier alpha value is -2.39. The molecule has 2 rings (SSSR count). The molecule has 0 spiro atoms. The van der Waals surface area contributed by atoms with Gasteiger partial charge in [0.25, 0.3) is 0 Å². The summed E-state index contributed by atoms with van der Waals surface area (Å²) in [5.41, 5.74) is -0.866. The van der Waals surface area contributed by atoms with E-state index in [2.05, 4.69) is 0 Å². The van der Waals surface area contributed by atoms with Crippen molar-refractivity contribution in [2.45, 2.75) is 72.2 Å². The molecule has 1 atom stereocenters. The number of benzene rings is 1. The van der Waals surface area contributed by atoms with E-state index in [4.69, 9.17) is 18.8 Å². The SMILES string of the molecule is CCOC(=O)Cc1ccc(F)cc1OC(C)/C(F)=C/C(B1OC(C)(C)C(C)(C)O1)=C(\C)O. The molecule has 1 heterocycles. The van der Waals surface area contributed by atoms with E-state index in [1.54, 1.807) is 6.92 Å². The minimum Gasteiger partial charge on any atom is -0.513 e. The predicted molar refractivity (Wildman–Crippen MR) is 117 cm³/mol. The zero-order chi connectivity index (χ0) is 24.3. The van der Waals surface area contributed by atoms with Gasteiger partial charge < -0.3 is 23.9 Å².